The van der Waals surface area contributed by atoms with Gasteiger partial charge in [0.2, 0.25) is 5.91 Å². The number of anilines is 1. The number of carbonyl (C=O) groups excluding carboxylic acids is 1. The summed E-state index contributed by atoms with van der Waals surface area (Å²) in [5.41, 5.74) is 0.874. The number of ether oxygens (including phenoxy) is 1. The van der Waals surface area contributed by atoms with Crippen molar-refractivity contribution in [1.82, 2.24) is 9.55 Å². The number of nitrogens with zero attached hydrogens (tertiary/aromatic N) is 2. The number of methoxy groups -OCH3 is 1. The number of hydrogen-bond donors (Lipinski definition) is 2. The van der Waals surface area contributed by atoms with E-state index in [1.807, 2.05) is 25.1 Å². The Balaban J connectivity index is 2.09. The number of benzene rings is 1. The third-order valence-electron chi connectivity index (χ3n) is 4.64. The van der Waals surface area contributed by atoms with Crippen LogP contribution in [0.5, 0.6) is 0 Å². The summed E-state index contributed by atoms with van der Waals surface area (Å²) in [7, 11) is 1.53. The van der Waals surface area contributed by atoms with Crippen molar-refractivity contribution in [2.75, 3.05) is 19.0 Å². The van der Waals surface area contributed by atoms with Crippen LogP contribution < -0.4 is 10.9 Å². The van der Waals surface area contributed by atoms with Gasteiger partial charge in [-0.2, -0.15) is 0 Å². The quantitative estimate of drug-likeness (QED) is 0.614. The molecule has 2 aromatic heterocycles. The average Bonchev–Trinajstić information content (AvgIpc) is 3.12. The smallest absolute Gasteiger partial charge is 0.337 e. The van der Waals surface area contributed by atoms with Crippen LogP contribution in [-0.4, -0.2) is 40.3 Å². The third-order valence-corrected chi connectivity index (χ3v) is 5.52. The van der Waals surface area contributed by atoms with Crippen LogP contribution >= 0.6 is 11.3 Å². The van der Waals surface area contributed by atoms with Crippen LogP contribution in [0.1, 0.15) is 34.7 Å². The molecule has 0 aliphatic heterocycles. The number of carboxylic acid groups (broad SMARTS) is 1. The number of aromatic carboxylic acids is 1. The first-order chi connectivity index (χ1) is 13.8. The number of nitrogens with one attached hydrogen (secondary N) is 1. The largest absolute Gasteiger partial charge is 0.478 e. The van der Waals surface area contributed by atoms with Gasteiger partial charge in [0.1, 0.15) is 16.7 Å². The van der Waals surface area contributed by atoms with Crippen molar-refractivity contribution in [3.8, 4) is 0 Å². The second-order valence-corrected chi connectivity index (χ2v) is 7.42. The normalized spacial score (nSPS) is 12.1. The Morgan fingerprint density at radius 1 is 1.34 bits per heavy atom. The van der Waals surface area contributed by atoms with Gasteiger partial charge < -0.3 is 15.2 Å². The molecule has 1 atom stereocenters. The van der Waals surface area contributed by atoms with E-state index in [1.54, 1.807) is 13.0 Å². The molecule has 0 saturated carbocycles. The number of thiophene rings is 1. The molecule has 0 spiro atoms. The lowest BCUT2D eigenvalue weighted by molar-refractivity contribution is -0.119. The van der Waals surface area contributed by atoms with Gasteiger partial charge in [-0.05, 0) is 25.5 Å². The Morgan fingerprint density at radius 2 is 2.07 bits per heavy atom. The van der Waals surface area contributed by atoms with Crippen molar-refractivity contribution in [3.05, 3.63) is 57.0 Å². The molecule has 0 aliphatic carbocycles. The molecule has 1 unspecified atom stereocenters. The molecule has 29 heavy (non-hydrogen) atoms. The summed E-state index contributed by atoms with van der Waals surface area (Å²) in [6.07, 6.45) is 0.309. The van der Waals surface area contributed by atoms with Crippen molar-refractivity contribution in [2.24, 2.45) is 0 Å². The predicted octanol–water partition coefficient (Wildman–Crippen LogP) is 2.85. The van der Waals surface area contributed by atoms with E-state index in [1.165, 1.54) is 17.1 Å². The van der Waals surface area contributed by atoms with E-state index in [4.69, 9.17) is 4.74 Å². The molecule has 0 aliphatic rings. The second-order valence-electron chi connectivity index (χ2n) is 6.56. The summed E-state index contributed by atoms with van der Waals surface area (Å²) in [6.45, 7) is 3.77. The van der Waals surface area contributed by atoms with Gasteiger partial charge in [0.05, 0.1) is 17.6 Å². The number of para-hydroxylation sites is 1. The van der Waals surface area contributed by atoms with Crippen LogP contribution in [0.2, 0.25) is 0 Å². The lowest BCUT2D eigenvalue weighted by Gasteiger charge is -2.19. The minimum atomic E-state index is -1.21. The van der Waals surface area contributed by atoms with Gasteiger partial charge in [-0.3, -0.25) is 14.2 Å². The van der Waals surface area contributed by atoms with Crippen LogP contribution in [0.3, 0.4) is 0 Å². The lowest BCUT2D eigenvalue weighted by Crippen LogP contribution is -2.35. The Bertz CT molecular complexity index is 1130. The Morgan fingerprint density at radius 3 is 2.72 bits per heavy atom. The molecule has 0 fully saturated rings. The van der Waals surface area contributed by atoms with E-state index in [2.05, 4.69) is 10.3 Å². The fourth-order valence-electron chi connectivity index (χ4n) is 3.04. The highest BCUT2D eigenvalue weighted by Gasteiger charge is 2.25. The van der Waals surface area contributed by atoms with Gasteiger partial charge in [-0.15, -0.1) is 11.3 Å². The molecule has 3 aromatic rings. The number of hydrogen-bond acceptors (Lipinski definition) is 6. The van der Waals surface area contributed by atoms with E-state index in [-0.39, 0.29) is 10.9 Å². The monoisotopic (exact) mass is 415 g/mol. The number of carboxylic acids is 1. The van der Waals surface area contributed by atoms with Gasteiger partial charge >= 0.3 is 5.97 Å². The maximum absolute atomic E-state index is 13.2. The molecule has 0 bridgehead atoms. The van der Waals surface area contributed by atoms with Gasteiger partial charge in [0.25, 0.3) is 5.56 Å². The molecule has 1 aromatic carbocycles. The van der Waals surface area contributed by atoms with E-state index in [9.17, 15) is 19.5 Å². The SMILES string of the molecule is COCCc1nc2scc(C(=O)O)c2c(=O)n1C(C)C(=O)Nc1ccccc1C. The number of rotatable bonds is 7. The van der Waals surface area contributed by atoms with Gasteiger partial charge in [-0.1, -0.05) is 18.2 Å². The van der Waals surface area contributed by atoms with Gasteiger partial charge in [-0.25, -0.2) is 9.78 Å². The van der Waals surface area contributed by atoms with Gasteiger partial charge in [0, 0.05) is 24.6 Å². The summed E-state index contributed by atoms with van der Waals surface area (Å²) in [6, 6.07) is 6.42. The molecule has 2 N–H and O–H groups in total. The Kier molecular flexibility index (Phi) is 6.09. The highest BCUT2D eigenvalue weighted by molar-refractivity contribution is 7.17. The van der Waals surface area contributed by atoms with E-state index in [0.717, 1.165) is 16.9 Å². The van der Waals surface area contributed by atoms with Crippen LogP contribution in [0.25, 0.3) is 10.2 Å². The van der Waals surface area contributed by atoms with Crippen LogP contribution in [-0.2, 0) is 16.0 Å². The van der Waals surface area contributed by atoms with E-state index in [0.29, 0.717) is 29.4 Å². The molecular weight excluding hydrogens is 394 g/mol. The molecule has 3 rings (SSSR count). The van der Waals surface area contributed by atoms with Crippen LogP contribution in [0, 0.1) is 6.92 Å². The predicted molar refractivity (Wildman–Crippen MR) is 111 cm³/mol. The molecule has 8 nitrogen and oxygen atoms in total. The van der Waals surface area contributed by atoms with Crippen molar-refractivity contribution in [1.29, 1.82) is 0 Å². The number of amides is 1. The van der Waals surface area contributed by atoms with E-state index < -0.39 is 23.5 Å². The summed E-state index contributed by atoms with van der Waals surface area (Å²) >= 11 is 1.09. The zero-order valence-electron chi connectivity index (χ0n) is 16.3. The number of fused-ring (bicyclic) bond motifs is 1. The van der Waals surface area contributed by atoms with Crippen molar-refractivity contribution >= 4 is 39.1 Å². The summed E-state index contributed by atoms with van der Waals surface area (Å²) in [4.78, 5) is 42.4. The minimum Gasteiger partial charge on any atom is -0.478 e. The number of aromatic nitrogens is 2. The summed E-state index contributed by atoms with van der Waals surface area (Å²) in [5, 5.41) is 13.6. The summed E-state index contributed by atoms with van der Waals surface area (Å²) < 4.78 is 6.36. The van der Waals surface area contributed by atoms with Crippen molar-refractivity contribution in [2.45, 2.75) is 26.3 Å². The maximum atomic E-state index is 13.2. The topological polar surface area (TPSA) is 111 Å². The van der Waals surface area contributed by atoms with Crippen molar-refractivity contribution < 1.29 is 19.4 Å². The zero-order chi connectivity index (χ0) is 21.1. The van der Waals surface area contributed by atoms with Crippen LogP contribution in [0.15, 0.2) is 34.4 Å². The Hall–Kier alpha value is -3.04. The third kappa shape index (κ3) is 4.06. The first kappa shape index (κ1) is 20.7. The lowest BCUT2D eigenvalue weighted by atomic mass is 10.2. The van der Waals surface area contributed by atoms with E-state index >= 15 is 0 Å². The molecule has 0 radical (unpaired) electrons. The standard InChI is InChI=1S/C20H21N3O5S/c1-11-6-4-5-7-14(11)21-17(24)12(2)23-15(8-9-28-3)22-18-16(19(23)25)13(10-29-18)20(26)27/h4-7,10,12H,8-9H2,1-3H3,(H,21,24)(H,26,27). The van der Waals surface area contributed by atoms with Gasteiger partial charge in [0.15, 0.2) is 0 Å². The molecule has 1 amide bonds. The Labute approximate surface area is 170 Å². The molecule has 0 saturated heterocycles. The summed E-state index contributed by atoms with van der Waals surface area (Å²) in [5.74, 6) is -1.23. The fourth-order valence-corrected chi connectivity index (χ4v) is 3.96. The van der Waals surface area contributed by atoms with Crippen LogP contribution in [0.4, 0.5) is 5.69 Å². The zero-order valence-corrected chi connectivity index (χ0v) is 17.1. The maximum Gasteiger partial charge on any atom is 0.337 e. The molecular formula is C20H21N3O5S. The molecule has 152 valence electrons. The fraction of sp³-hybridized carbons (Fsp3) is 0.300. The number of aryl methyl sites for hydroxylation is 1. The minimum absolute atomic E-state index is 0.0132. The first-order valence-corrected chi connectivity index (χ1v) is 9.84. The highest BCUT2D eigenvalue weighted by Crippen LogP contribution is 2.24. The number of carbonyl (C=O) groups is 2. The average molecular weight is 415 g/mol. The highest BCUT2D eigenvalue weighted by atomic mass is 32.1. The first-order valence-electron chi connectivity index (χ1n) is 8.96. The molecule has 9 heteroatoms. The van der Waals surface area contributed by atoms with Crippen molar-refractivity contribution in [3.63, 3.8) is 0 Å². The second kappa shape index (κ2) is 8.54. The molecule has 2 heterocycles.